The van der Waals surface area contributed by atoms with Crippen molar-refractivity contribution in [3.05, 3.63) is 56.8 Å². The lowest BCUT2D eigenvalue weighted by atomic mass is 10.1. The Labute approximate surface area is 122 Å². The van der Waals surface area contributed by atoms with E-state index in [4.69, 9.17) is 16.7 Å². The van der Waals surface area contributed by atoms with Gasteiger partial charge in [0.2, 0.25) is 0 Å². The lowest BCUT2D eigenvalue weighted by Gasteiger charge is -2.02. The molecule has 98 valence electrons. The fourth-order valence-corrected chi connectivity index (χ4v) is 2.33. The number of aromatic carboxylic acids is 1. The summed E-state index contributed by atoms with van der Waals surface area (Å²) in [6.07, 6.45) is 1.49. The number of rotatable bonds is 3. The van der Waals surface area contributed by atoms with Crippen molar-refractivity contribution in [2.45, 2.75) is 0 Å². The monoisotopic (exact) mass is 341 g/mol. The molecule has 0 bridgehead atoms. The molecule has 4 nitrogen and oxygen atoms in total. The van der Waals surface area contributed by atoms with Gasteiger partial charge >= 0.3 is 5.97 Å². The van der Waals surface area contributed by atoms with Crippen LogP contribution in [0.4, 0.5) is 0 Å². The van der Waals surface area contributed by atoms with Crippen LogP contribution in [0.2, 0.25) is 5.02 Å². The van der Waals surface area contributed by atoms with Gasteiger partial charge in [-0.15, -0.1) is 0 Å². The Morgan fingerprint density at radius 1 is 1.32 bits per heavy atom. The van der Waals surface area contributed by atoms with E-state index in [0.29, 0.717) is 20.6 Å². The van der Waals surface area contributed by atoms with Crippen LogP contribution in [0.15, 0.2) is 34.9 Å². The van der Waals surface area contributed by atoms with Crippen molar-refractivity contribution in [1.29, 1.82) is 0 Å². The predicted molar refractivity (Wildman–Crippen MR) is 75.0 cm³/mol. The molecule has 0 amide bonds. The molecule has 1 heterocycles. The number of ketones is 1. The van der Waals surface area contributed by atoms with Gasteiger partial charge in [0.05, 0.1) is 0 Å². The van der Waals surface area contributed by atoms with Crippen LogP contribution < -0.4 is 0 Å². The number of aromatic nitrogens is 1. The minimum absolute atomic E-state index is 0.0569. The van der Waals surface area contributed by atoms with Crippen molar-refractivity contribution >= 4 is 39.3 Å². The average Bonchev–Trinajstić information content (AvgIpc) is 2.74. The normalized spacial score (nSPS) is 10.5. The smallest absolute Gasteiger partial charge is 0.352 e. The Kier molecular flexibility index (Phi) is 3.78. The highest BCUT2D eigenvalue weighted by Crippen LogP contribution is 2.24. The lowest BCUT2D eigenvalue weighted by Crippen LogP contribution is -2.02. The number of aryl methyl sites for hydroxylation is 1. The van der Waals surface area contributed by atoms with E-state index in [1.165, 1.54) is 16.8 Å². The highest BCUT2D eigenvalue weighted by Gasteiger charge is 2.18. The second-order valence-electron chi connectivity index (χ2n) is 3.98. The average molecular weight is 343 g/mol. The number of carbonyl (C=O) groups excluding carboxylic acids is 1. The van der Waals surface area contributed by atoms with Crippen LogP contribution in [0.3, 0.4) is 0 Å². The zero-order valence-corrected chi connectivity index (χ0v) is 12.2. The lowest BCUT2D eigenvalue weighted by molar-refractivity contribution is 0.0686. The van der Waals surface area contributed by atoms with Crippen molar-refractivity contribution in [3.8, 4) is 0 Å². The Hall–Kier alpha value is -1.59. The van der Waals surface area contributed by atoms with E-state index in [2.05, 4.69) is 15.9 Å². The van der Waals surface area contributed by atoms with Crippen LogP contribution in [-0.4, -0.2) is 21.4 Å². The summed E-state index contributed by atoms with van der Waals surface area (Å²) >= 11 is 9.14. The first kappa shape index (κ1) is 13.8. The minimum atomic E-state index is -1.08. The summed E-state index contributed by atoms with van der Waals surface area (Å²) in [5, 5.41) is 9.41. The SMILES string of the molecule is Cn1cc(C(=O)c2cc(Cl)ccc2Br)cc1C(=O)O. The molecular weight excluding hydrogens is 334 g/mol. The first-order chi connectivity index (χ1) is 8.90. The summed E-state index contributed by atoms with van der Waals surface area (Å²) in [5.74, 6) is -1.36. The Balaban J connectivity index is 2.47. The molecule has 0 spiro atoms. The second kappa shape index (κ2) is 5.19. The number of carbonyl (C=O) groups is 2. The summed E-state index contributed by atoms with van der Waals surface area (Å²) in [4.78, 5) is 23.3. The molecule has 0 aliphatic carbocycles. The highest BCUT2D eigenvalue weighted by atomic mass is 79.9. The van der Waals surface area contributed by atoms with Crippen molar-refractivity contribution in [1.82, 2.24) is 4.57 Å². The zero-order valence-electron chi connectivity index (χ0n) is 9.85. The third-order valence-corrected chi connectivity index (χ3v) is 3.59. The summed E-state index contributed by atoms with van der Waals surface area (Å²) in [7, 11) is 1.58. The van der Waals surface area contributed by atoms with E-state index >= 15 is 0 Å². The van der Waals surface area contributed by atoms with E-state index < -0.39 is 5.97 Å². The van der Waals surface area contributed by atoms with Gasteiger partial charge in [0.15, 0.2) is 5.78 Å². The van der Waals surface area contributed by atoms with E-state index in [0.717, 1.165) is 0 Å². The molecule has 2 rings (SSSR count). The van der Waals surface area contributed by atoms with Gasteiger partial charge in [-0.2, -0.15) is 0 Å². The first-order valence-corrected chi connectivity index (χ1v) is 6.46. The quantitative estimate of drug-likeness (QED) is 0.870. The van der Waals surface area contributed by atoms with Crippen LogP contribution in [0, 0.1) is 0 Å². The molecule has 0 unspecified atom stereocenters. The number of carboxylic acids is 1. The van der Waals surface area contributed by atoms with Gasteiger partial charge in [0, 0.05) is 33.9 Å². The molecule has 0 aliphatic heterocycles. The molecule has 1 aromatic heterocycles. The van der Waals surface area contributed by atoms with Crippen molar-refractivity contribution in [2.24, 2.45) is 7.05 Å². The van der Waals surface area contributed by atoms with Crippen LogP contribution in [0.25, 0.3) is 0 Å². The van der Waals surface area contributed by atoms with Gasteiger partial charge in [-0.1, -0.05) is 27.5 Å². The van der Waals surface area contributed by atoms with Gasteiger partial charge in [-0.3, -0.25) is 4.79 Å². The third kappa shape index (κ3) is 2.72. The fraction of sp³-hybridized carbons (Fsp3) is 0.0769. The summed E-state index contributed by atoms with van der Waals surface area (Å²) in [6, 6.07) is 6.23. The Morgan fingerprint density at radius 3 is 2.58 bits per heavy atom. The van der Waals surface area contributed by atoms with Crippen LogP contribution in [-0.2, 0) is 7.05 Å². The number of hydrogen-bond acceptors (Lipinski definition) is 2. The van der Waals surface area contributed by atoms with Gasteiger partial charge in [0.1, 0.15) is 5.69 Å². The number of hydrogen-bond donors (Lipinski definition) is 1. The minimum Gasteiger partial charge on any atom is -0.477 e. The molecule has 1 aromatic carbocycles. The van der Waals surface area contributed by atoms with E-state index in [1.807, 2.05) is 0 Å². The predicted octanol–water partition coefficient (Wildman–Crippen LogP) is 3.37. The number of halogens is 2. The van der Waals surface area contributed by atoms with Crippen LogP contribution in [0.5, 0.6) is 0 Å². The molecule has 0 aliphatic rings. The molecule has 2 aromatic rings. The van der Waals surface area contributed by atoms with Gasteiger partial charge < -0.3 is 9.67 Å². The number of benzene rings is 1. The topological polar surface area (TPSA) is 59.3 Å². The molecule has 0 saturated heterocycles. The maximum Gasteiger partial charge on any atom is 0.352 e. The van der Waals surface area contributed by atoms with Gasteiger partial charge in [-0.05, 0) is 24.3 Å². The van der Waals surface area contributed by atoms with E-state index in [9.17, 15) is 9.59 Å². The molecule has 19 heavy (non-hydrogen) atoms. The first-order valence-electron chi connectivity index (χ1n) is 5.29. The van der Waals surface area contributed by atoms with Crippen molar-refractivity contribution < 1.29 is 14.7 Å². The van der Waals surface area contributed by atoms with Crippen molar-refractivity contribution in [2.75, 3.05) is 0 Å². The Morgan fingerprint density at radius 2 is 2.00 bits per heavy atom. The zero-order chi connectivity index (χ0) is 14.2. The molecular formula is C13H9BrClNO3. The maximum absolute atomic E-state index is 12.3. The molecule has 0 fully saturated rings. The maximum atomic E-state index is 12.3. The molecule has 0 atom stereocenters. The van der Waals surface area contributed by atoms with Crippen molar-refractivity contribution in [3.63, 3.8) is 0 Å². The third-order valence-electron chi connectivity index (χ3n) is 2.66. The van der Waals surface area contributed by atoms with Crippen LogP contribution in [0.1, 0.15) is 26.4 Å². The second-order valence-corrected chi connectivity index (χ2v) is 5.27. The number of nitrogens with zero attached hydrogens (tertiary/aromatic N) is 1. The largest absolute Gasteiger partial charge is 0.477 e. The highest BCUT2D eigenvalue weighted by molar-refractivity contribution is 9.10. The van der Waals surface area contributed by atoms with Gasteiger partial charge in [0.25, 0.3) is 0 Å². The molecule has 0 saturated carbocycles. The molecule has 1 N–H and O–H groups in total. The molecule has 6 heteroatoms. The molecule has 0 radical (unpaired) electrons. The van der Waals surface area contributed by atoms with Gasteiger partial charge in [-0.25, -0.2) is 4.79 Å². The summed E-state index contributed by atoms with van der Waals surface area (Å²) in [5.41, 5.74) is 0.763. The Bertz CT molecular complexity index is 679. The van der Waals surface area contributed by atoms with Crippen LogP contribution >= 0.6 is 27.5 Å². The fourth-order valence-electron chi connectivity index (χ4n) is 1.73. The van der Waals surface area contributed by atoms with E-state index in [-0.39, 0.29) is 11.5 Å². The summed E-state index contributed by atoms with van der Waals surface area (Å²) in [6.45, 7) is 0. The van der Waals surface area contributed by atoms with E-state index in [1.54, 1.807) is 25.2 Å². The summed E-state index contributed by atoms with van der Waals surface area (Å²) < 4.78 is 2.01. The number of carboxylic acid groups (broad SMARTS) is 1. The standard InChI is InChI=1S/C13H9BrClNO3/c1-16-6-7(4-11(16)13(18)19)12(17)9-5-8(15)2-3-10(9)14/h2-6H,1H3,(H,18,19).